The predicted molar refractivity (Wildman–Crippen MR) is 341 cm³/mol. The van der Waals surface area contributed by atoms with Crippen LogP contribution in [0.15, 0.2) is 60.8 Å². The highest BCUT2D eigenvalue weighted by molar-refractivity contribution is 5.76. The molecule has 1 fully saturated rings. The summed E-state index contributed by atoms with van der Waals surface area (Å²) in [4.78, 5) is 13.1. The van der Waals surface area contributed by atoms with Crippen LogP contribution >= 0.6 is 0 Å². The number of carbonyl (C=O) groups is 1. The summed E-state index contributed by atoms with van der Waals surface area (Å²) in [6.45, 7) is 3.79. The minimum Gasteiger partial charge on any atom is -0.394 e. The van der Waals surface area contributed by atoms with Crippen molar-refractivity contribution in [3.8, 4) is 0 Å². The second kappa shape index (κ2) is 60.0. The minimum atomic E-state index is -1.58. The van der Waals surface area contributed by atoms with Gasteiger partial charge in [-0.15, -0.1) is 0 Å². The van der Waals surface area contributed by atoms with E-state index in [4.69, 9.17) is 9.47 Å². The molecule has 0 bridgehead atoms. The number of hydrogen-bond donors (Lipinski definition) is 6. The Morgan fingerprint density at radius 3 is 1.12 bits per heavy atom. The van der Waals surface area contributed by atoms with Gasteiger partial charge in [0.05, 0.1) is 25.4 Å². The average molecular weight is 1130 g/mol. The second-order valence-electron chi connectivity index (χ2n) is 24.0. The number of nitrogens with one attached hydrogen (secondary N) is 1. The molecule has 1 aliphatic rings. The fourth-order valence-corrected chi connectivity index (χ4v) is 10.9. The normalized spacial score (nSPS) is 18.8. The number of allylic oxidation sites excluding steroid dienone is 9. The first-order valence-electron chi connectivity index (χ1n) is 34.5. The summed E-state index contributed by atoms with van der Waals surface area (Å²) in [5, 5.41) is 54.7. The molecule has 1 rings (SSSR count). The molecule has 1 saturated heterocycles. The Kier molecular flexibility index (Phi) is 57.0. The maximum Gasteiger partial charge on any atom is 0.220 e. The van der Waals surface area contributed by atoms with Crippen molar-refractivity contribution in [2.45, 2.75) is 371 Å². The van der Waals surface area contributed by atoms with Crippen molar-refractivity contribution >= 4 is 5.91 Å². The number of hydrogen-bond acceptors (Lipinski definition) is 8. The summed E-state index contributed by atoms with van der Waals surface area (Å²) in [5.74, 6) is -0.187. The average Bonchev–Trinajstić information content (AvgIpc) is 3.46. The van der Waals surface area contributed by atoms with Crippen LogP contribution in [0.3, 0.4) is 0 Å². The van der Waals surface area contributed by atoms with E-state index in [1.807, 2.05) is 6.08 Å². The molecule has 468 valence electrons. The molecule has 0 saturated carbocycles. The van der Waals surface area contributed by atoms with Gasteiger partial charge in [0.15, 0.2) is 6.29 Å². The van der Waals surface area contributed by atoms with Gasteiger partial charge in [-0.25, -0.2) is 0 Å². The maximum absolute atomic E-state index is 13.1. The van der Waals surface area contributed by atoms with Crippen LogP contribution in [-0.4, -0.2) is 87.5 Å². The first-order chi connectivity index (χ1) is 39.3. The molecular formula is C71H131NO8. The fraction of sp³-hybridized carbons (Fsp3) is 0.845. The van der Waals surface area contributed by atoms with Crippen molar-refractivity contribution in [3.63, 3.8) is 0 Å². The van der Waals surface area contributed by atoms with Crippen LogP contribution in [0.2, 0.25) is 0 Å². The monoisotopic (exact) mass is 1130 g/mol. The Hall–Kier alpha value is -2.11. The van der Waals surface area contributed by atoms with Crippen molar-refractivity contribution in [2.24, 2.45) is 0 Å². The third-order valence-electron chi connectivity index (χ3n) is 16.3. The van der Waals surface area contributed by atoms with E-state index in [0.717, 1.165) is 51.4 Å². The first-order valence-corrected chi connectivity index (χ1v) is 34.5. The van der Waals surface area contributed by atoms with Gasteiger partial charge in [0.1, 0.15) is 24.4 Å². The number of aliphatic hydroxyl groups excluding tert-OH is 5. The number of rotatable bonds is 60. The molecule has 9 nitrogen and oxygen atoms in total. The summed E-state index contributed by atoms with van der Waals surface area (Å²) in [7, 11) is 0. The van der Waals surface area contributed by atoms with E-state index in [-0.39, 0.29) is 12.5 Å². The highest BCUT2D eigenvalue weighted by atomic mass is 16.7. The molecule has 1 heterocycles. The Morgan fingerprint density at radius 1 is 0.425 bits per heavy atom. The van der Waals surface area contributed by atoms with Crippen molar-refractivity contribution < 1.29 is 39.8 Å². The molecule has 0 spiro atoms. The second-order valence-corrected chi connectivity index (χ2v) is 24.0. The number of unbranched alkanes of at least 4 members (excludes halogenated alkanes) is 42. The van der Waals surface area contributed by atoms with Gasteiger partial charge in [-0.1, -0.05) is 306 Å². The van der Waals surface area contributed by atoms with Crippen molar-refractivity contribution in [1.29, 1.82) is 0 Å². The quantitative estimate of drug-likeness (QED) is 0.0261. The van der Waals surface area contributed by atoms with E-state index >= 15 is 0 Å². The Balaban J connectivity index is 2.14. The molecule has 0 aromatic rings. The Labute approximate surface area is 494 Å². The van der Waals surface area contributed by atoms with Gasteiger partial charge in [-0.05, 0) is 77.0 Å². The fourth-order valence-electron chi connectivity index (χ4n) is 10.9. The van der Waals surface area contributed by atoms with E-state index in [0.29, 0.717) is 6.42 Å². The lowest BCUT2D eigenvalue weighted by atomic mass is 9.99. The number of amides is 1. The van der Waals surface area contributed by atoms with E-state index in [2.05, 4.69) is 67.8 Å². The van der Waals surface area contributed by atoms with Crippen LogP contribution in [0, 0.1) is 0 Å². The number of ether oxygens (including phenoxy) is 2. The summed E-state index contributed by atoms with van der Waals surface area (Å²) in [6, 6.07) is -0.831. The van der Waals surface area contributed by atoms with Crippen molar-refractivity contribution in [3.05, 3.63) is 60.8 Å². The molecule has 1 aliphatic heterocycles. The van der Waals surface area contributed by atoms with Crippen LogP contribution in [0.1, 0.15) is 328 Å². The van der Waals surface area contributed by atoms with E-state index in [1.54, 1.807) is 6.08 Å². The lowest BCUT2D eigenvalue weighted by Gasteiger charge is -2.40. The van der Waals surface area contributed by atoms with Crippen molar-refractivity contribution in [2.75, 3.05) is 13.2 Å². The molecule has 1 amide bonds. The third-order valence-corrected chi connectivity index (χ3v) is 16.3. The SMILES string of the molecule is CCCCCCCCCCCCC/C=C\C/C=C\CCCCCCCCCCCCCCCCCCCC(=O)NC(COC1OC(CO)C(O)C(O)C1O)C(O)/C=C/CC/C=C/CC/C=C/CCCCCCCCCCCCCC. The first kappa shape index (κ1) is 75.9. The molecule has 0 radical (unpaired) electrons. The zero-order valence-electron chi connectivity index (χ0n) is 52.3. The largest absolute Gasteiger partial charge is 0.394 e. The van der Waals surface area contributed by atoms with Gasteiger partial charge < -0.3 is 40.3 Å². The van der Waals surface area contributed by atoms with Gasteiger partial charge >= 0.3 is 0 Å². The standard InChI is InChI=1S/C71H131NO8/c1-3-5-7-9-11-13-15-17-19-21-23-25-27-28-29-30-31-32-33-34-35-36-37-38-39-41-43-45-47-49-51-53-55-57-59-61-67(75)72-64(63-79-71-70(78)69(77)68(76)66(62-73)80-71)65(74)60-58-56-54-52-50-48-46-44-42-40-26-24-22-20-18-16-14-12-10-8-6-4-2/h27-28,30-31,42,44,50,52,58,60,64-66,68-71,73-74,76-78H,3-26,29,32-41,43,45-49,51,53-57,59,61-63H2,1-2H3,(H,72,75)/b28-27-,31-30-,44-42+,52-50+,60-58+. The molecule has 0 aromatic carbocycles. The maximum atomic E-state index is 13.1. The summed E-state index contributed by atoms with van der Waals surface area (Å²) in [6.07, 6.45) is 76.2. The van der Waals surface area contributed by atoms with Crippen LogP contribution in [0.5, 0.6) is 0 Å². The number of carbonyl (C=O) groups excluding carboxylic acids is 1. The van der Waals surface area contributed by atoms with Crippen LogP contribution in [0.25, 0.3) is 0 Å². The van der Waals surface area contributed by atoms with Crippen LogP contribution in [-0.2, 0) is 14.3 Å². The molecule has 7 atom stereocenters. The summed E-state index contributed by atoms with van der Waals surface area (Å²) >= 11 is 0. The molecule has 80 heavy (non-hydrogen) atoms. The van der Waals surface area contributed by atoms with Gasteiger partial charge in [0.2, 0.25) is 5.91 Å². The van der Waals surface area contributed by atoms with E-state index in [1.165, 1.54) is 257 Å². The van der Waals surface area contributed by atoms with Gasteiger partial charge in [0.25, 0.3) is 0 Å². The molecule has 9 heteroatoms. The molecule has 0 aliphatic carbocycles. The van der Waals surface area contributed by atoms with Crippen molar-refractivity contribution in [1.82, 2.24) is 5.32 Å². The van der Waals surface area contributed by atoms with Crippen LogP contribution in [0.4, 0.5) is 0 Å². The van der Waals surface area contributed by atoms with Gasteiger partial charge in [-0.2, -0.15) is 0 Å². The van der Waals surface area contributed by atoms with E-state index < -0.39 is 49.5 Å². The molecular weight excluding hydrogens is 995 g/mol. The summed E-state index contributed by atoms with van der Waals surface area (Å²) in [5.41, 5.74) is 0. The van der Waals surface area contributed by atoms with Gasteiger partial charge in [-0.3, -0.25) is 4.79 Å². The smallest absolute Gasteiger partial charge is 0.220 e. The van der Waals surface area contributed by atoms with Gasteiger partial charge in [0, 0.05) is 6.42 Å². The van der Waals surface area contributed by atoms with E-state index in [9.17, 15) is 30.3 Å². The Morgan fingerprint density at radius 2 is 0.750 bits per heavy atom. The molecule has 6 N–H and O–H groups in total. The molecule has 7 unspecified atom stereocenters. The predicted octanol–water partition coefficient (Wildman–Crippen LogP) is 18.6. The molecule has 0 aromatic heterocycles. The number of aliphatic hydroxyl groups is 5. The lowest BCUT2D eigenvalue weighted by Crippen LogP contribution is -2.60. The highest BCUT2D eigenvalue weighted by Crippen LogP contribution is 2.23. The Bertz CT molecular complexity index is 1450. The van der Waals surface area contributed by atoms with Crippen LogP contribution < -0.4 is 5.32 Å². The minimum absolute atomic E-state index is 0.187. The third kappa shape index (κ3) is 48.3. The summed E-state index contributed by atoms with van der Waals surface area (Å²) < 4.78 is 11.3. The zero-order valence-corrected chi connectivity index (χ0v) is 52.3. The highest BCUT2D eigenvalue weighted by Gasteiger charge is 2.44. The zero-order chi connectivity index (χ0) is 57.9. The lowest BCUT2D eigenvalue weighted by molar-refractivity contribution is -0.302. The topological polar surface area (TPSA) is 149 Å².